The lowest BCUT2D eigenvalue weighted by molar-refractivity contribution is 0.0737. The first-order chi connectivity index (χ1) is 18.4. The highest BCUT2D eigenvalue weighted by Gasteiger charge is 2.28. The molecule has 2 heterocycles. The van der Waals surface area contributed by atoms with E-state index in [4.69, 9.17) is 14.6 Å². The van der Waals surface area contributed by atoms with Gasteiger partial charge in [-0.3, -0.25) is 4.79 Å². The molecule has 0 saturated carbocycles. The number of nitrogens with zero attached hydrogens (tertiary/aromatic N) is 4. The molecule has 0 atom stereocenters. The van der Waals surface area contributed by atoms with E-state index < -0.39 is 0 Å². The molecule has 0 unspecified atom stereocenters. The van der Waals surface area contributed by atoms with Crippen molar-refractivity contribution in [2.45, 2.75) is 13.8 Å². The van der Waals surface area contributed by atoms with Crippen LogP contribution >= 0.6 is 0 Å². The maximum atomic E-state index is 14.3. The Morgan fingerprint density at radius 3 is 2.34 bits per heavy atom. The van der Waals surface area contributed by atoms with Crippen molar-refractivity contribution < 1.29 is 18.7 Å². The molecule has 1 aliphatic heterocycles. The van der Waals surface area contributed by atoms with Gasteiger partial charge in [-0.05, 0) is 61.4 Å². The number of aromatic nitrogens is 2. The maximum Gasteiger partial charge on any atom is 0.272 e. The van der Waals surface area contributed by atoms with Crippen LogP contribution < -0.4 is 14.4 Å². The van der Waals surface area contributed by atoms with E-state index in [9.17, 15) is 9.18 Å². The molecule has 196 valence electrons. The van der Waals surface area contributed by atoms with Crippen molar-refractivity contribution in [3.63, 3.8) is 0 Å². The molecule has 4 aromatic rings. The first-order valence-electron chi connectivity index (χ1n) is 12.6. The number of amides is 1. The van der Waals surface area contributed by atoms with E-state index in [0.29, 0.717) is 54.8 Å². The molecule has 0 radical (unpaired) electrons. The molecule has 3 aromatic carbocycles. The van der Waals surface area contributed by atoms with Crippen LogP contribution in [0.2, 0.25) is 0 Å². The number of carbonyl (C=O) groups is 1. The molecular weight excluding hydrogens is 483 g/mol. The molecule has 0 spiro atoms. The number of halogens is 1. The molecule has 7 nitrogen and oxygen atoms in total. The Morgan fingerprint density at radius 2 is 1.63 bits per heavy atom. The molecular formula is C30H31FN4O3. The van der Waals surface area contributed by atoms with Crippen molar-refractivity contribution in [3.05, 3.63) is 89.4 Å². The largest absolute Gasteiger partial charge is 0.497 e. The molecule has 8 heteroatoms. The highest BCUT2D eigenvalue weighted by Crippen LogP contribution is 2.34. The van der Waals surface area contributed by atoms with E-state index in [1.165, 1.54) is 6.07 Å². The third-order valence-corrected chi connectivity index (χ3v) is 6.97. The van der Waals surface area contributed by atoms with Crippen LogP contribution in [-0.2, 0) is 0 Å². The highest BCUT2D eigenvalue weighted by atomic mass is 19.1. The average Bonchev–Trinajstić information content (AvgIpc) is 3.39. The lowest BCUT2D eigenvalue weighted by Crippen LogP contribution is -2.49. The van der Waals surface area contributed by atoms with Gasteiger partial charge in [0.1, 0.15) is 23.0 Å². The Morgan fingerprint density at radius 1 is 0.868 bits per heavy atom. The van der Waals surface area contributed by atoms with E-state index in [1.807, 2.05) is 66.1 Å². The summed E-state index contributed by atoms with van der Waals surface area (Å²) in [4.78, 5) is 17.7. The van der Waals surface area contributed by atoms with Crippen LogP contribution in [0.5, 0.6) is 11.5 Å². The standard InChI is InChI=1S/C30H31FN4O3/c1-20-9-10-21(2)27(17-20)35-28(19-25(32-35)23-12-11-22(37-3)18-29(23)38-4)30(36)34-15-13-33(14-16-34)26-8-6-5-7-24(26)31/h5-12,17-19H,13-16H2,1-4H3. The molecule has 1 saturated heterocycles. The number of methoxy groups -OCH3 is 2. The Balaban J connectivity index is 1.51. The van der Waals surface area contributed by atoms with Gasteiger partial charge in [0.15, 0.2) is 0 Å². The maximum absolute atomic E-state index is 14.3. The average molecular weight is 515 g/mol. The molecule has 38 heavy (non-hydrogen) atoms. The minimum atomic E-state index is -0.252. The zero-order valence-corrected chi connectivity index (χ0v) is 22.1. The fourth-order valence-corrected chi connectivity index (χ4v) is 4.83. The van der Waals surface area contributed by atoms with E-state index in [2.05, 4.69) is 0 Å². The Bertz CT molecular complexity index is 1470. The SMILES string of the molecule is COc1ccc(-c2cc(C(=O)N3CCN(c4ccccc4F)CC3)n(-c3cc(C)ccc3C)n2)c(OC)c1. The molecule has 1 aromatic heterocycles. The summed E-state index contributed by atoms with van der Waals surface area (Å²) in [7, 11) is 3.20. The second-order valence-electron chi connectivity index (χ2n) is 9.41. The summed E-state index contributed by atoms with van der Waals surface area (Å²) in [5.74, 6) is 0.903. The number of hydrogen-bond donors (Lipinski definition) is 0. The van der Waals surface area contributed by atoms with Gasteiger partial charge in [0, 0.05) is 37.8 Å². The number of ether oxygens (including phenoxy) is 2. The minimum absolute atomic E-state index is 0.120. The molecule has 5 rings (SSSR count). The Kier molecular flexibility index (Phi) is 7.05. The molecule has 1 fully saturated rings. The number of rotatable bonds is 6. The van der Waals surface area contributed by atoms with Crippen LogP contribution in [0.15, 0.2) is 66.7 Å². The van der Waals surface area contributed by atoms with Crippen molar-refractivity contribution in [1.29, 1.82) is 0 Å². The highest BCUT2D eigenvalue weighted by molar-refractivity contribution is 5.95. The van der Waals surface area contributed by atoms with Crippen molar-refractivity contribution >= 4 is 11.6 Å². The van der Waals surface area contributed by atoms with Crippen LogP contribution in [0.3, 0.4) is 0 Å². The summed E-state index contributed by atoms with van der Waals surface area (Å²) < 4.78 is 27.0. The van der Waals surface area contributed by atoms with Crippen molar-refractivity contribution in [3.8, 4) is 28.4 Å². The van der Waals surface area contributed by atoms with E-state index in [1.54, 1.807) is 37.1 Å². The fourth-order valence-electron chi connectivity index (χ4n) is 4.83. The van der Waals surface area contributed by atoms with Crippen molar-refractivity contribution in [2.24, 2.45) is 0 Å². The summed E-state index contributed by atoms with van der Waals surface area (Å²) in [6.45, 7) is 6.07. The zero-order valence-electron chi connectivity index (χ0n) is 22.1. The number of aryl methyl sites for hydroxylation is 2. The second-order valence-corrected chi connectivity index (χ2v) is 9.41. The molecule has 0 bridgehead atoms. The van der Waals surface area contributed by atoms with Gasteiger partial charge >= 0.3 is 0 Å². The van der Waals surface area contributed by atoms with Crippen LogP contribution in [0.4, 0.5) is 10.1 Å². The molecule has 0 N–H and O–H groups in total. The normalized spacial score (nSPS) is 13.5. The van der Waals surface area contributed by atoms with Gasteiger partial charge in [-0.1, -0.05) is 24.3 Å². The summed E-state index contributed by atoms with van der Waals surface area (Å²) in [5.41, 5.74) is 5.33. The predicted octanol–water partition coefficient (Wildman–Crippen LogP) is 5.27. The van der Waals surface area contributed by atoms with Gasteiger partial charge in [-0.15, -0.1) is 0 Å². The molecule has 1 amide bonds. The molecule has 0 aliphatic carbocycles. The van der Waals surface area contributed by atoms with Gasteiger partial charge < -0.3 is 19.3 Å². The van der Waals surface area contributed by atoms with Crippen LogP contribution in [0.1, 0.15) is 21.6 Å². The minimum Gasteiger partial charge on any atom is -0.497 e. The second kappa shape index (κ2) is 10.6. The van der Waals surface area contributed by atoms with Gasteiger partial charge in [0.25, 0.3) is 5.91 Å². The number of anilines is 1. The van der Waals surface area contributed by atoms with Crippen LogP contribution in [0, 0.1) is 19.7 Å². The first-order valence-corrected chi connectivity index (χ1v) is 12.6. The number of hydrogen-bond acceptors (Lipinski definition) is 5. The number of piperazine rings is 1. The fraction of sp³-hybridized carbons (Fsp3) is 0.267. The van der Waals surface area contributed by atoms with Crippen molar-refractivity contribution in [1.82, 2.24) is 14.7 Å². The third-order valence-electron chi connectivity index (χ3n) is 6.97. The van der Waals surface area contributed by atoms with Crippen LogP contribution in [0.25, 0.3) is 16.9 Å². The Labute approximate surface area is 222 Å². The van der Waals surface area contributed by atoms with Gasteiger partial charge in [0.05, 0.1) is 31.3 Å². The van der Waals surface area contributed by atoms with Gasteiger partial charge in [-0.2, -0.15) is 5.10 Å². The zero-order chi connectivity index (χ0) is 26.8. The van der Waals surface area contributed by atoms with Crippen LogP contribution in [-0.4, -0.2) is 61.0 Å². The number of para-hydroxylation sites is 1. The molecule has 1 aliphatic rings. The third kappa shape index (κ3) is 4.81. The van der Waals surface area contributed by atoms with E-state index in [0.717, 1.165) is 22.4 Å². The quantitative estimate of drug-likeness (QED) is 0.351. The van der Waals surface area contributed by atoms with Crippen molar-refractivity contribution in [2.75, 3.05) is 45.3 Å². The van der Waals surface area contributed by atoms with Gasteiger partial charge in [-0.25, -0.2) is 9.07 Å². The van der Waals surface area contributed by atoms with Gasteiger partial charge in [0.2, 0.25) is 0 Å². The number of carbonyl (C=O) groups excluding carboxylic acids is 1. The first kappa shape index (κ1) is 25.3. The smallest absolute Gasteiger partial charge is 0.272 e. The summed E-state index contributed by atoms with van der Waals surface area (Å²) >= 11 is 0. The lowest BCUT2D eigenvalue weighted by Gasteiger charge is -2.36. The van der Waals surface area contributed by atoms with E-state index >= 15 is 0 Å². The van der Waals surface area contributed by atoms with E-state index in [-0.39, 0.29) is 11.7 Å². The monoisotopic (exact) mass is 514 g/mol. The Hall–Kier alpha value is -4.33. The topological polar surface area (TPSA) is 59.8 Å². The predicted molar refractivity (Wildman–Crippen MR) is 146 cm³/mol. The summed E-state index contributed by atoms with van der Waals surface area (Å²) in [6.07, 6.45) is 0. The summed E-state index contributed by atoms with van der Waals surface area (Å²) in [6, 6.07) is 20.2. The lowest BCUT2D eigenvalue weighted by atomic mass is 10.1. The summed E-state index contributed by atoms with van der Waals surface area (Å²) in [5, 5.41) is 4.90. The number of benzene rings is 3.